The number of hydrogen-bond donors (Lipinski definition) is 2. The lowest BCUT2D eigenvalue weighted by molar-refractivity contribution is -0.125. The van der Waals surface area contributed by atoms with Crippen molar-refractivity contribution in [1.82, 2.24) is 10.2 Å². The van der Waals surface area contributed by atoms with Crippen LogP contribution in [-0.4, -0.2) is 47.7 Å². The third-order valence-corrected chi connectivity index (χ3v) is 2.82. The van der Waals surface area contributed by atoms with Crippen LogP contribution in [0.1, 0.15) is 5.56 Å². The van der Waals surface area contributed by atoms with Crippen LogP contribution >= 0.6 is 0 Å². The topological polar surface area (TPSA) is 78.9 Å². The lowest BCUT2D eigenvalue weighted by Gasteiger charge is -2.31. The first kappa shape index (κ1) is 13.4. The van der Waals surface area contributed by atoms with Gasteiger partial charge in [-0.15, -0.1) is 0 Å². The molecule has 0 aliphatic carbocycles. The fourth-order valence-corrected chi connectivity index (χ4v) is 1.88. The minimum atomic E-state index is -0.544. The van der Waals surface area contributed by atoms with Gasteiger partial charge in [0, 0.05) is 6.54 Å². The van der Waals surface area contributed by atoms with Crippen LogP contribution in [0, 0.1) is 0 Å². The van der Waals surface area contributed by atoms with Gasteiger partial charge in [0.1, 0.15) is 13.2 Å². The first-order valence-corrected chi connectivity index (χ1v) is 6.05. The zero-order valence-corrected chi connectivity index (χ0v) is 10.4. The number of nitrogens with one attached hydrogen (secondary N) is 1. The number of hydrogen-bond acceptors (Lipinski definition) is 4. The number of amides is 2. The highest BCUT2D eigenvalue weighted by Gasteiger charge is 2.28. The van der Waals surface area contributed by atoms with Crippen molar-refractivity contribution in [2.24, 2.45) is 0 Å². The summed E-state index contributed by atoms with van der Waals surface area (Å²) in [7, 11) is 0. The van der Waals surface area contributed by atoms with Crippen LogP contribution in [0.15, 0.2) is 30.3 Å². The van der Waals surface area contributed by atoms with Crippen molar-refractivity contribution in [1.29, 1.82) is 0 Å². The smallest absolute Gasteiger partial charge is 0.410 e. The van der Waals surface area contributed by atoms with Crippen LogP contribution in [0.25, 0.3) is 0 Å². The number of ether oxygens (including phenoxy) is 1. The number of piperazine rings is 1. The van der Waals surface area contributed by atoms with Crippen LogP contribution in [0.3, 0.4) is 0 Å². The monoisotopic (exact) mass is 264 g/mol. The summed E-state index contributed by atoms with van der Waals surface area (Å²) >= 11 is 0. The molecule has 1 saturated heterocycles. The molecule has 2 amide bonds. The summed E-state index contributed by atoms with van der Waals surface area (Å²) in [6.07, 6.45) is -0.544. The third kappa shape index (κ3) is 3.69. The molecular weight excluding hydrogens is 248 g/mol. The Labute approximate surface area is 111 Å². The summed E-state index contributed by atoms with van der Waals surface area (Å²) in [6.45, 7) is 0.190. The van der Waals surface area contributed by atoms with Gasteiger partial charge in [-0.1, -0.05) is 30.3 Å². The van der Waals surface area contributed by atoms with Gasteiger partial charge in [-0.05, 0) is 5.56 Å². The molecule has 19 heavy (non-hydrogen) atoms. The van der Waals surface area contributed by atoms with Crippen LogP contribution in [-0.2, 0) is 16.1 Å². The van der Waals surface area contributed by atoms with E-state index in [-0.39, 0.29) is 32.2 Å². The second-order valence-electron chi connectivity index (χ2n) is 4.37. The minimum Gasteiger partial charge on any atom is -0.445 e. The molecule has 6 nitrogen and oxygen atoms in total. The molecule has 0 unspecified atom stereocenters. The van der Waals surface area contributed by atoms with Crippen molar-refractivity contribution in [3.05, 3.63) is 35.9 Å². The van der Waals surface area contributed by atoms with E-state index in [1.54, 1.807) is 0 Å². The maximum absolute atomic E-state index is 11.8. The van der Waals surface area contributed by atoms with Crippen LogP contribution in [0.2, 0.25) is 0 Å². The molecule has 0 aromatic heterocycles. The van der Waals surface area contributed by atoms with Crippen molar-refractivity contribution >= 4 is 12.0 Å². The van der Waals surface area contributed by atoms with Gasteiger partial charge in [-0.2, -0.15) is 0 Å². The number of carbonyl (C=O) groups is 2. The molecule has 0 spiro atoms. The molecular formula is C13H16N2O4. The molecule has 1 fully saturated rings. The summed E-state index contributed by atoms with van der Waals surface area (Å²) in [4.78, 5) is 24.5. The molecule has 102 valence electrons. The van der Waals surface area contributed by atoms with Gasteiger partial charge in [0.2, 0.25) is 5.91 Å². The average molecular weight is 264 g/mol. The molecule has 0 bridgehead atoms. The molecule has 0 saturated carbocycles. The van der Waals surface area contributed by atoms with Crippen molar-refractivity contribution < 1.29 is 19.4 Å². The maximum Gasteiger partial charge on any atom is 0.410 e. The van der Waals surface area contributed by atoms with Gasteiger partial charge in [-0.3, -0.25) is 9.69 Å². The van der Waals surface area contributed by atoms with Crippen LogP contribution in [0.4, 0.5) is 4.79 Å². The largest absolute Gasteiger partial charge is 0.445 e. The standard InChI is InChI=1S/C13H16N2O4/c16-8-11-6-15(7-12(17)14-11)13(18)19-9-10-4-2-1-3-5-10/h1-5,11,16H,6-9H2,(H,14,17)/t11-/m1/s1. The second kappa shape index (κ2) is 6.19. The first-order chi connectivity index (χ1) is 9.19. The van der Waals surface area contributed by atoms with Crippen molar-refractivity contribution in [3.63, 3.8) is 0 Å². The molecule has 6 heteroatoms. The molecule has 1 atom stereocenters. The zero-order valence-electron chi connectivity index (χ0n) is 10.4. The fraction of sp³-hybridized carbons (Fsp3) is 0.385. The molecule has 1 aromatic rings. The van der Waals surface area contributed by atoms with E-state index < -0.39 is 12.1 Å². The Bertz CT molecular complexity index is 449. The number of benzene rings is 1. The predicted octanol–water partition coefficient (Wildman–Crippen LogP) is 0.116. The third-order valence-electron chi connectivity index (χ3n) is 2.82. The number of nitrogens with zero attached hydrogens (tertiary/aromatic N) is 1. The van der Waals surface area contributed by atoms with E-state index in [0.717, 1.165) is 5.56 Å². The number of carbonyl (C=O) groups excluding carboxylic acids is 2. The molecule has 0 radical (unpaired) electrons. The van der Waals surface area contributed by atoms with Crippen LogP contribution < -0.4 is 5.32 Å². The summed E-state index contributed by atoms with van der Waals surface area (Å²) in [5.41, 5.74) is 0.885. The normalized spacial score (nSPS) is 18.9. The Morgan fingerprint density at radius 2 is 2.16 bits per heavy atom. The lowest BCUT2D eigenvalue weighted by atomic mass is 10.2. The fourth-order valence-electron chi connectivity index (χ4n) is 1.88. The summed E-state index contributed by atoms with van der Waals surface area (Å²) in [5.74, 6) is -0.290. The molecule has 1 heterocycles. The first-order valence-electron chi connectivity index (χ1n) is 6.05. The van der Waals surface area contributed by atoms with Gasteiger partial charge >= 0.3 is 6.09 Å². The average Bonchev–Trinajstić information content (AvgIpc) is 2.45. The quantitative estimate of drug-likeness (QED) is 0.812. The van der Waals surface area contributed by atoms with E-state index in [4.69, 9.17) is 9.84 Å². The summed E-state index contributed by atoms with van der Waals surface area (Å²) in [6, 6.07) is 8.88. The van der Waals surface area contributed by atoms with Gasteiger partial charge in [0.05, 0.1) is 12.6 Å². The molecule has 2 rings (SSSR count). The summed E-state index contributed by atoms with van der Waals surface area (Å²) in [5, 5.41) is 11.6. The number of aliphatic hydroxyl groups excluding tert-OH is 1. The lowest BCUT2D eigenvalue weighted by Crippen LogP contribution is -2.57. The molecule has 2 N–H and O–H groups in total. The SMILES string of the molecule is O=C1CN(C(=O)OCc2ccccc2)C[C@H](CO)N1. The van der Waals surface area contributed by atoms with E-state index >= 15 is 0 Å². The molecule has 1 aromatic carbocycles. The maximum atomic E-state index is 11.8. The van der Waals surface area contributed by atoms with Crippen LogP contribution in [0.5, 0.6) is 0 Å². The zero-order chi connectivity index (χ0) is 13.7. The van der Waals surface area contributed by atoms with Gasteiger partial charge in [0.15, 0.2) is 0 Å². The van der Waals surface area contributed by atoms with E-state index in [9.17, 15) is 9.59 Å². The van der Waals surface area contributed by atoms with Crippen molar-refractivity contribution in [2.45, 2.75) is 12.6 Å². The van der Waals surface area contributed by atoms with E-state index in [1.165, 1.54) is 4.90 Å². The number of rotatable bonds is 3. The van der Waals surface area contributed by atoms with Crippen molar-refractivity contribution in [2.75, 3.05) is 19.7 Å². The van der Waals surface area contributed by atoms with E-state index in [1.807, 2.05) is 30.3 Å². The van der Waals surface area contributed by atoms with Gasteiger partial charge in [0.25, 0.3) is 0 Å². The Kier molecular flexibility index (Phi) is 4.35. The highest BCUT2D eigenvalue weighted by molar-refractivity contribution is 5.83. The summed E-state index contributed by atoms with van der Waals surface area (Å²) < 4.78 is 5.13. The van der Waals surface area contributed by atoms with Gasteiger partial charge < -0.3 is 15.2 Å². The molecule has 1 aliphatic rings. The second-order valence-corrected chi connectivity index (χ2v) is 4.37. The number of aliphatic hydroxyl groups is 1. The Balaban J connectivity index is 1.87. The minimum absolute atomic E-state index is 0.0376. The highest BCUT2D eigenvalue weighted by atomic mass is 16.6. The van der Waals surface area contributed by atoms with Crippen molar-refractivity contribution in [3.8, 4) is 0 Å². The Hall–Kier alpha value is -2.08. The van der Waals surface area contributed by atoms with E-state index in [2.05, 4.69) is 5.32 Å². The van der Waals surface area contributed by atoms with E-state index in [0.29, 0.717) is 0 Å². The predicted molar refractivity (Wildman–Crippen MR) is 67.2 cm³/mol. The Morgan fingerprint density at radius 1 is 1.42 bits per heavy atom. The van der Waals surface area contributed by atoms with Gasteiger partial charge in [-0.25, -0.2) is 4.79 Å². The Morgan fingerprint density at radius 3 is 2.84 bits per heavy atom. The highest BCUT2D eigenvalue weighted by Crippen LogP contribution is 2.06. The molecule has 1 aliphatic heterocycles.